The van der Waals surface area contributed by atoms with E-state index in [9.17, 15) is 5.11 Å². The molecular weight excluding hydrogens is 230 g/mol. The van der Waals surface area contributed by atoms with Crippen LogP contribution in [0, 0.1) is 0 Å². The van der Waals surface area contributed by atoms with Gasteiger partial charge in [-0.2, -0.15) is 4.98 Å². The molecule has 1 heterocycles. The van der Waals surface area contributed by atoms with Crippen LogP contribution >= 0.6 is 0 Å². The number of nitrogens with two attached hydrogens (primary N) is 1. The van der Waals surface area contributed by atoms with E-state index in [1.54, 1.807) is 19.1 Å². The van der Waals surface area contributed by atoms with Crippen molar-refractivity contribution in [1.29, 1.82) is 0 Å². The van der Waals surface area contributed by atoms with Crippen molar-refractivity contribution >= 4 is 11.5 Å². The SMILES string of the molecule is CC(O)CCNc1ccc(N)c(OC(C)(C)C)n1. The van der Waals surface area contributed by atoms with E-state index in [4.69, 9.17) is 10.5 Å². The molecule has 0 bridgehead atoms. The number of aliphatic hydroxyl groups is 1. The van der Waals surface area contributed by atoms with E-state index >= 15 is 0 Å². The van der Waals surface area contributed by atoms with Crippen LogP contribution in [0.15, 0.2) is 12.1 Å². The van der Waals surface area contributed by atoms with Gasteiger partial charge in [0.2, 0.25) is 5.88 Å². The van der Waals surface area contributed by atoms with Gasteiger partial charge in [-0.25, -0.2) is 0 Å². The Morgan fingerprint density at radius 3 is 2.67 bits per heavy atom. The Bertz CT molecular complexity index is 386. The van der Waals surface area contributed by atoms with Gasteiger partial charge in [-0.05, 0) is 46.2 Å². The summed E-state index contributed by atoms with van der Waals surface area (Å²) in [5.74, 6) is 1.13. The smallest absolute Gasteiger partial charge is 0.239 e. The van der Waals surface area contributed by atoms with Gasteiger partial charge in [0.05, 0.1) is 11.8 Å². The summed E-state index contributed by atoms with van der Waals surface area (Å²) in [6.07, 6.45) is 0.346. The normalized spacial score (nSPS) is 13.2. The molecule has 0 radical (unpaired) electrons. The average molecular weight is 253 g/mol. The molecule has 0 fully saturated rings. The Hall–Kier alpha value is -1.49. The molecule has 0 amide bonds. The first-order chi connectivity index (χ1) is 8.28. The number of aromatic nitrogens is 1. The maximum absolute atomic E-state index is 9.18. The van der Waals surface area contributed by atoms with Gasteiger partial charge in [-0.3, -0.25) is 0 Å². The van der Waals surface area contributed by atoms with Gasteiger partial charge in [0.15, 0.2) is 0 Å². The van der Waals surface area contributed by atoms with Gasteiger partial charge >= 0.3 is 0 Å². The quantitative estimate of drug-likeness (QED) is 0.748. The number of aliphatic hydroxyl groups excluding tert-OH is 1. The second kappa shape index (κ2) is 5.91. The largest absolute Gasteiger partial charge is 0.470 e. The molecule has 0 aliphatic rings. The van der Waals surface area contributed by atoms with Crippen molar-refractivity contribution < 1.29 is 9.84 Å². The highest BCUT2D eigenvalue weighted by Gasteiger charge is 2.15. The summed E-state index contributed by atoms with van der Waals surface area (Å²) >= 11 is 0. The zero-order valence-electron chi connectivity index (χ0n) is 11.5. The van der Waals surface area contributed by atoms with Crippen LogP contribution in [0.2, 0.25) is 0 Å². The highest BCUT2D eigenvalue weighted by Crippen LogP contribution is 2.24. The molecule has 4 N–H and O–H groups in total. The Morgan fingerprint density at radius 2 is 2.11 bits per heavy atom. The van der Waals surface area contributed by atoms with Crippen LogP contribution in [0.5, 0.6) is 5.88 Å². The fraction of sp³-hybridized carbons (Fsp3) is 0.615. The second-order valence-electron chi connectivity index (χ2n) is 5.37. The summed E-state index contributed by atoms with van der Waals surface area (Å²) in [4.78, 5) is 4.31. The molecular formula is C13H23N3O2. The van der Waals surface area contributed by atoms with Crippen LogP contribution in [0.3, 0.4) is 0 Å². The van der Waals surface area contributed by atoms with E-state index in [0.29, 0.717) is 30.4 Å². The Morgan fingerprint density at radius 1 is 1.44 bits per heavy atom. The van der Waals surface area contributed by atoms with Crippen molar-refractivity contribution in [2.24, 2.45) is 0 Å². The summed E-state index contributed by atoms with van der Waals surface area (Å²) in [7, 11) is 0. The predicted octanol–water partition coefficient (Wildman–Crippen LogP) is 2.02. The van der Waals surface area contributed by atoms with Crippen molar-refractivity contribution in [1.82, 2.24) is 4.98 Å². The van der Waals surface area contributed by atoms with Crippen molar-refractivity contribution in [3.8, 4) is 5.88 Å². The summed E-state index contributed by atoms with van der Waals surface area (Å²) in [6, 6.07) is 3.56. The maximum Gasteiger partial charge on any atom is 0.239 e. The number of pyridine rings is 1. The number of anilines is 2. The molecule has 102 valence electrons. The summed E-state index contributed by atoms with van der Waals surface area (Å²) in [5, 5.41) is 12.3. The van der Waals surface area contributed by atoms with Crippen molar-refractivity contribution in [3.05, 3.63) is 12.1 Å². The zero-order valence-corrected chi connectivity index (χ0v) is 11.5. The Balaban J connectivity index is 2.68. The van der Waals surface area contributed by atoms with Crippen LogP contribution in [0.4, 0.5) is 11.5 Å². The number of nitrogens with one attached hydrogen (secondary N) is 1. The van der Waals surface area contributed by atoms with E-state index < -0.39 is 0 Å². The van der Waals surface area contributed by atoms with Gasteiger partial charge in [-0.1, -0.05) is 0 Å². The lowest BCUT2D eigenvalue weighted by Crippen LogP contribution is -2.24. The van der Waals surface area contributed by atoms with Crippen LogP contribution in [-0.4, -0.2) is 28.3 Å². The minimum Gasteiger partial charge on any atom is -0.470 e. The monoisotopic (exact) mass is 253 g/mol. The lowest BCUT2D eigenvalue weighted by Gasteiger charge is -2.21. The molecule has 0 saturated carbocycles. The Kier molecular flexibility index (Phi) is 4.78. The molecule has 1 rings (SSSR count). The number of ether oxygens (including phenoxy) is 1. The fourth-order valence-corrected chi connectivity index (χ4v) is 1.33. The van der Waals surface area contributed by atoms with Crippen LogP contribution in [-0.2, 0) is 0 Å². The zero-order chi connectivity index (χ0) is 13.8. The molecule has 18 heavy (non-hydrogen) atoms. The molecule has 1 atom stereocenters. The summed E-state index contributed by atoms with van der Waals surface area (Å²) in [5.41, 5.74) is 6.00. The van der Waals surface area contributed by atoms with E-state index in [2.05, 4.69) is 10.3 Å². The van der Waals surface area contributed by atoms with Crippen LogP contribution in [0.25, 0.3) is 0 Å². The first-order valence-corrected chi connectivity index (χ1v) is 6.15. The third kappa shape index (κ3) is 5.23. The first kappa shape index (κ1) is 14.6. The minimum absolute atomic E-state index is 0.323. The van der Waals surface area contributed by atoms with Crippen molar-refractivity contribution in [2.45, 2.75) is 45.8 Å². The second-order valence-corrected chi connectivity index (χ2v) is 5.37. The predicted molar refractivity (Wildman–Crippen MR) is 73.8 cm³/mol. The highest BCUT2D eigenvalue weighted by atomic mass is 16.5. The van der Waals surface area contributed by atoms with Crippen molar-refractivity contribution in [3.63, 3.8) is 0 Å². The van der Waals surface area contributed by atoms with E-state index in [0.717, 1.165) is 0 Å². The summed E-state index contributed by atoms with van der Waals surface area (Å²) in [6.45, 7) is 8.25. The number of hydrogen-bond acceptors (Lipinski definition) is 5. The lowest BCUT2D eigenvalue weighted by molar-refractivity contribution is 0.125. The van der Waals surface area contributed by atoms with Crippen LogP contribution in [0.1, 0.15) is 34.1 Å². The molecule has 1 aromatic heterocycles. The number of rotatable bonds is 5. The topological polar surface area (TPSA) is 80.4 Å². The van der Waals surface area contributed by atoms with Crippen molar-refractivity contribution in [2.75, 3.05) is 17.6 Å². The van der Waals surface area contributed by atoms with Crippen LogP contribution < -0.4 is 15.8 Å². The van der Waals surface area contributed by atoms with Gasteiger partial charge in [0.25, 0.3) is 0 Å². The molecule has 0 aliphatic carbocycles. The fourth-order valence-electron chi connectivity index (χ4n) is 1.33. The number of nitrogens with zero attached hydrogens (tertiary/aromatic N) is 1. The molecule has 5 heteroatoms. The minimum atomic E-state index is -0.334. The standard InChI is InChI=1S/C13H23N3O2/c1-9(17)7-8-15-11-6-5-10(14)12(16-11)18-13(2,3)4/h5-6,9,17H,7-8,14H2,1-4H3,(H,15,16). The Labute approximate surface area is 108 Å². The van der Waals surface area contributed by atoms with Gasteiger partial charge < -0.3 is 20.9 Å². The number of hydrogen-bond donors (Lipinski definition) is 3. The molecule has 0 aliphatic heterocycles. The number of nitrogen functional groups attached to an aromatic ring is 1. The van der Waals surface area contributed by atoms with E-state index in [1.807, 2.05) is 20.8 Å². The van der Waals surface area contributed by atoms with Gasteiger partial charge in [-0.15, -0.1) is 0 Å². The summed E-state index contributed by atoms with van der Waals surface area (Å²) < 4.78 is 5.68. The van der Waals surface area contributed by atoms with E-state index in [1.165, 1.54) is 0 Å². The molecule has 1 aromatic rings. The molecule has 0 spiro atoms. The van der Waals surface area contributed by atoms with E-state index in [-0.39, 0.29) is 11.7 Å². The lowest BCUT2D eigenvalue weighted by atomic mass is 10.2. The maximum atomic E-state index is 9.18. The molecule has 1 unspecified atom stereocenters. The highest BCUT2D eigenvalue weighted by molar-refractivity contribution is 5.53. The average Bonchev–Trinajstić information content (AvgIpc) is 2.20. The third-order valence-electron chi connectivity index (χ3n) is 2.16. The van der Waals surface area contributed by atoms with Gasteiger partial charge in [0.1, 0.15) is 11.4 Å². The third-order valence-corrected chi connectivity index (χ3v) is 2.16. The molecule has 5 nitrogen and oxygen atoms in total. The molecule has 0 saturated heterocycles. The first-order valence-electron chi connectivity index (χ1n) is 6.15. The van der Waals surface area contributed by atoms with Gasteiger partial charge in [0, 0.05) is 6.54 Å². The molecule has 0 aromatic carbocycles.